The normalized spacial score (nSPS) is 13.1. The minimum absolute atomic E-state index is 0.394. The number of fused-ring (bicyclic) bond motifs is 1. The summed E-state index contributed by atoms with van der Waals surface area (Å²) in [6, 6.07) is 13.2. The fraction of sp³-hybridized carbons (Fsp3) is 0.222. The second-order valence-electron chi connectivity index (χ2n) is 5.35. The van der Waals surface area contributed by atoms with Gasteiger partial charge in [0.05, 0.1) is 12.8 Å². The van der Waals surface area contributed by atoms with Crippen LogP contribution in [0.4, 0.5) is 5.69 Å². The maximum absolute atomic E-state index is 5.59. The molecule has 1 aliphatic rings. The number of hydrogen-bond donors (Lipinski definition) is 2. The van der Waals surface area contributed by atoms with Gasteiger partial charge in [-0.15, -0.1) is 0 Å². The van der Waals surface area contributed by atoms with Crippen molar-refractivity contribution < 1.29 is 14.2 Å². The Hall–Kier alpha value is -2.80. The Kier molecular flexibility index (Phi) is 5.35. The van der Waals surface area contributed by atoms with Gasteiger partial charge in [0.2, 0.25) is 0 Å². The Morgan fingerprint density at radius 3 is 2.72 bits per heavy atom. The molecule has 0 saturated carbocycles. The molecular formula is C18H19N3O3S. The second kappa shape index (κ2) is 7.85. The number of ether oxygens (including phenoxy) is 3. The summed E-state index contributed by atoms with van der Waals surface area (Å²) < 4.78 is 16.3. The molecule has 1 aliphatic heterocycles. The van der Waals surface area contributed by atoms with Crippen molar-refractivity contribution in [3.63, 3.8) is 0 Å². The molecule has 3 rings (SSSR count). The first-order valence-electron chi connectivity index (χ1n) is 7.81. The predicted molar refractivity (Wildman–Crippen MR) is 102 cm³/mol. The lowest BCUT2D eigenvalue weighted by Gasteiger charge is -2.18. The number of methoxy groups -OCH3 is 1. The van der Waals surface area contributed by atoms with Crippen molar-refractivity contribution in [1.82, 2.24) is 5.43 Å². The van der Waals surface area contributed by atoms with E-state index in [1.165, 1.54) is 0 Å². The molecule has 2 aromatic carbocycles. The number of thiocarbonyl (C=S) groups is 1. The first-order valence-corrected chi connectivity index (χ1v) is 8.22. The molecule has 0 fully saturated rings. The zero-order chi connectivity index (χ0) is 17.6. The van der Waals surface area contributed by atoms with Crippen molar-refractivity contribution in [1.29, 1.82) is 0 Å². The van der Waals surface area contributed by atoms with Crippen molar-refractivity contribution in [3.05, 3.63) is 48.0 Å². The largest absolute Gasteiger partial charge is 0.497 e. The average Bonchev–Trinajstić information content (AvgIpc) is 2.65. The van der Waals surface area contributed by atoms with Gasteiger partial charge in [0.25, 0.3) is 0 Å². The minimum atomic E-state index is 0.394. The molecule has 0 aromatic heterocycles. The molecule has 1 heterocycles. The van der Waals surface area contributed by atoms with Gasteiger partial charge in [0, 0.05) is 17.3 Å². The quantitative estimate of drug-likeness (QED) is 0.498. The molecule has 0 spiro atoms. The van der Waals surface area contributed by atoms with Crippen LogP contribution in [0.1, 0.15) is 12.5 Å². The molecule has 0 radical (unpaired) electrons. The summed E-state index contributed by atoms with van der Waals surface area (Å²) >= 11 is 5.27. The molecule has 7 heteroatoms. The average molecular weight is 357 g/mol. The van der Waals surface area contributed by atoms with Crippen LogP contribution < -0.4 is 25.0 Å². The zero-order valence-electron chi connectivity index (χ0n) is 14.0. The highest BCUT2D eigenvalue weighted by atomic mass is 32.1. The van der Waals surface area contributed by atoms with Gasteiger partial charge in [-0.25, -0.2) is 0 Å². The molecule has 0 saturated heterocycles. The van der Waals surface area contributed by atoms with Crippen LogP contribution in [0.5, 0.6) is 17.2 Å². The highest BCUT2D eigenvalue weighted by Crippen LogP contribution is 2.30. The van der Waals surface area contributed by atoms with Crippen LogP contribution in [0.3, 0.4) is 0 Å². The monoisotopic (exact) mass is 357 g/mol. The van der Waals surface area contributed by atoms with Gasteiger partial charge in [-0.2, -0.15) is 5.10 Å². The summed E-state index contributed by atoms with van der Waals surface area (Å²) in [5.41, 5.74) is 5.38. The predicted octanol–water partition coefficient (Wildman–Crippen LogP) is 3.18. The number of hydrazone groups is 1. The number of hydrogen-bond acceptors (Lipinski definition) is 5. The van der Waals surface area contributed by atoms with Crippen LogP contribution in [0.25, 0.3) is 0 Å². The smallest absolute Gasteiger partial charge is 0.191 e. The topological polar surface area (TPSA) is 64.1 Å². The van der Waals surface area contributed by atoms with Crippen molar-refractivity contribution in [2.24, 2.45) is 5.10 Å². The van der Waals surface area contributed by atoms with Crippen LogP contribution in [-0.2, 0) is 0 Å². The van der Waals surface area contributed by atoms with E-state index in [-0.39, 0.29) is 0 Å². The maximum Gasteiger partial charge on any atom is 0.191 e. The maximum atomic E-state index is 5.59. The van der Waals surface area contributed by atoms with E-state index in [1.54, 1.807) is 7.11 Å². The van der Waals surface area contributed by atoms with E-state index in [0.717, 1.165) is 34.2 Å². The Balaban J connectivity index is 1.63. The molecule has 0 amide bonds. The van der Waals surface area contributed by atoms with Crippen molar-refractivity contribution in [2.45, 2.75) is 6.92 Å². The highest BCUT2D eigenvalue weighted by Gasteiger charge is 2.12. The molecule has 130 valence electrons. The molecule has 2 N–H and O–H groups in total. The van der Waals surface area contributed by atoms with Gasteiger partial charge in [-0.3, -0.25) is 5.43 Å². The van der Waals surface area contributed by atoms with Gasteiger partial charge in [0.1, 0.15) is 19.0 Å². The molecule has 0 unspecified atom stereocenters. The first kappa shape index (κ1) is 17.0. The van der Waals surface area contributed by atoms with E-state index in [2.05, 4.69) is 15.8 Å². The lowest BCUT2D eigenvalue weighted by molar-refractivity contribution is 0.171. The third-order valence-electron chi connectivity index (χ3n) is 3.61. The Bertz CT molecular complexity index is 808. The fourth-order valence-electron chi connectivity index (χ4n) is 2.33. The van der Waals surface area contributed by atoms with Crippen LogP contribution in [0.15, 0.2) is 47.6 Å². The van der Waals surface area contributed by atoms with Crippen LogP contribution >= 0.6 is 12.2 Å². The van der Waals surface area contributed by atoms with Crippen molar-refractivity contribution >= 4 is 28.7 Å². The Labute approximate surface area is 151 Å². The molecule has 0 atom stereocenters. The Morgan fingerprint density at radius 1 is 1.12 bits per heavy atom. The molecule has 0 aliphatic carbocycles. The van der Waals surface area contributed by atoms with Crippen LogP contribution in [0, 0.1) is 0 Å². The first-order chi connectivity index (χ1) is 12.2. The third-order valence-corrected chi connectivity index (χ3v) is 3.81. The summed E-state index contributed by atoms with van der Waals surface area (Å²) in [4.78, 5) is 0. The van der Waals surface area contributed by atoms with Crippen LogP contribution in [-0.4, -0.2) is 31.1 Å². The Morgan fingerprint density at radius 2 is 1.92 bits per heavy atom. The van der Waals surface area contributed by atoms with Crippen LogP contribution in [0.2, 0.25) is 0 Å². The minimum Gasteiger partial charge on any atom is -0.497 e. The number of anilines is 1. The molecule has 25 heavy (non-hydrogen) atoms. The van der Waals surface area contributed by atoms with Gasteiger partial charge in [0.15, 0.2) is 16.6 Å². The summed E-state index contributed by atoms with van der Waals surface area (Å²) in [6.45, 7) is 3.02. The van der Waals surface area contributed by atoms with Gasteiger partial charge in [-0.1, -0.05) is 6.07 Å². The molecule has 2 aromatic rings. The van der Waals surface area contributed by atoms with Crippen molar-refractivity contribution in [3.8, 4) is 17.2 Å². The van der Waals surface area contributed by atoms with E-state index in [9.17, 15) is 0 Å². The highest BCUT2D eigenvalue weighted by molar-refractivity contribution is 7.80. The van der Waals surface area contributed by atoms with Gasteiger partial charge >= 0.3 is 0 Å². The number of rotatable bonds is 4. The van der Waals surface area contributed by atoms with Gasteiger partial charge < -0.3 is 19.5 Å². The van der Waals surface area contributed by atoms with E-state index < -0.39 is 0 Å². The number of nitrogens with one attached hydrogen (secondary N) is 2. The standard InChI is InChI=1S/C18H19N3O3S/c1-12(13-6-7-16-17(10-13)24-9-8-23-16)20-21-18(25)19-14-4-3-5-15(11-14)22-2/h3-7,10-11H,8-9H2,1-2H3,(H2,19,21,25). The molecule has 6 nitrogen and oxygen atoms in total. The lowest BCUT2D eigenvalue weighted by atomic mass is 10.1. The van der Waals surface area contributed by atoms with Gasteiger partial charge in [-0.05, 0) is 49.5 Å². The second-order valence-corrected chi connectivity index (χ2v) is 5.76. The summed E-state index contributed by atoms with van der Waals surface area (Å²) in [7, 11) is 1.62. The third kappa shape index (κ3) is 4.39. The SMILES string of the molecule is COc1cccc(NC(=S)NN=C(C)c2ccc3c(c2)OCCO3)c1. The summed E-state index contributed by atoms with van der Waals surface area (Å²) in [5, 5.41) is 7.77. The number of benzene rings is 2. The molecular weight excluding hydrogens is 338 g/mol. The van der Waals surface area contributed by atoms with Crippen molar-refractivity contribution in [2.75, 3.05) is 25.6 Å². The van der Waals surface area contributed by atoms with E-state index in [4.69, 9.17) is 26.4 Å². The fourth-order valence-corrected chi connectivity index (χ4v) is 2.49. The summed E-state index contributed by atoms with van der Waals surface area (Å²) in [5.74, 6) is 2.24. The summed E-state index contributed by atoms with van der Waals surface area (Å²) in [6.07, 6.45) is 0. The van der Waals surface area contributed by atoms with E-state index in [1.807, 2.05) is 49.4 Å². The zero-order valence-corrected chi connectivity index (χ0v) is 14.9. The van der Waals surface area contributed by atoms with E-state index >= 15 is 0 Å². The van der Waals surface area contributed by atoms with E-state index in [0.29, 0.717) is 18.3 Å². The number of nitrogens with zero attached hydrogens (tertiary/aromatic N) is 1. The lowest BCUT2D eigenvalue weighted by Crippen LogP contribution is -2.25. The molecule has 0 bridgehead atoms.